The molecule has 0 aliphatic heterocycles. The fourth-order valence-corrected chi connectivity index (χ4v) is 3.82. The monoisotopic (exact) mass is 386 g/mol. The topological polar surface area (TPSA) is 48.0 Å². The van der Waals surface area contributed by atoms with Crippen molar-refractivity contribution < 1.29 is 9.18 Å². The highest BCUT2D eigenvalue weighted by atomic mass is 35.5. The summed E-state index contributed by atoms with van der Waals surface area (Å²) in [6.45, 7) is 0.332. The predicted molar refractivity (Wildman–Crippen MR) is 103 cm³/mol. The van der Waals surface area contributed by atoms with E-state index < -0.39 is 5.91 Å². The van der Waals surface area contributed by atoms with Crippen LogP contribution in [0.2, 0.25) is 10.0 Å². The number of fused-ring (bicyclic) bond motifs is 3. The van der Waals surface area contributed by atoms with Crippen molar-refractivity contribution in [2.24, 2.45) is 5.73 Å². The average molecular weight is 387 g/mol. The smallest absolute Gasteiger partial charge is 0.249 e. The summed E-state index contributed by atoms with van der Waals surface area (Å²) in [5.74, 6) is -0.928. The van der Waals surface area contributed by atoms with Gasteiger partial charge in [-0.15, -0.1) is 0 Å². The predicted octanol–water partition coefficient (Wildman–Crippen LogP) is 5.39. The first kappa shape index (κ1) is 16.9. The summed E-state index contributed by atoms with van der Waals surface area (Å²) in [7, 11) is 0. The third kappa shape index (κ3) is 2.62. The maximum absolute atomic E-state index is 14.7. The second kappa shape index (κ2) is 6.31. The van der Waals surface area contributed by atoms with Crippen molar-refractivity contribution in [3.63, 3.8) is 0 Å². The number of primary amides is 1. The summed E-state index contributed by atoms with van der Waals surface area (Å²) < 4.78 is 16.5. The SMILES string of the molecule is NC(=O)c1cccc2c1c1cccc(F)c1n2Cc1ccc(Cl)cc1Cl. The molecular weight excluding hydrogens is 374 g/mol. The lowest BCUT2D eigenvalue weighted by Crippen LogP contribution is -2.11. The Hall–Kier alpha value is -2.56. The van der Waals surface area contributed by atoms with Gasteiger partial charge in [0.25, 0.3) is 0 Å². The van der Waals surface area contributed by atoms with Crippen LogP contribution in [0.5, 0.6) is 0 Å². The molecule has 0 radical (unpaired) electrons. The molecule has 2 N–H and O–H groups in total. The molecule has 0 aliphatic rings. The Bertz CT molecular complexity index is 1180. The highest BCUT2D eigenvalue weighted by molar-refractivity contribution is 6.35. The molecule has 130 valence electrons. The zero-order valence-corrected chi connectivity index (χ0v) is 15.0. The van der Waals surface area contributed by atoms with Gasteiger partial charge in [0.2, 0.25) is 5.91 Å². The van der Waals surface area contributed by atoms with Gasteiger partial charge in [-0.25, -0.2) is 4.39 Å². The zero-order valence-electron chi connectivity index (χ0n) is 13.5. The molecule has 26 heavy (non-hydrogen) atoms. The minimum Gasteiger partial charge on any atom is -0.366 e. The van der Waals surface area contributed by atoms with Gasteiger partial charge in [-0.05, 0) is 35.9 Å². The molecule has 0 bridgehead atoms. The Balaban J connectivity index is 2.07. The number of hydrogen-bond acceptors (Lipinski definition) is 1. The first-order valence-electron chi connectivity index (χ1n) is 7.90. The third-order valence-corrected chi connectivity index (χ3v) is 5.06. The van der Waals surface area contributed by atoms with Crippen LogP contribution in [0.3, 0.4) is 0 Å². The Morgan fingerprint density at radius 3 is 2.58 bits per heavy atom. The molecule has 3 nitrogen and oxygen atoms in total. The van der Waals surface area contributed by atoms with E-state index in [1.54, 1.807) is 42.5 Å². The summed E-state index contributed by atoms with van der Waals surface area (Å²) in [5, 5.41) is 2.30. The molecule has 0 saturated carbocycles. The number of halogens is 3. The van der Waals surface area contributed by atoms with Gasteiger partial charge in [-0.3, -0.25) is 4.79 Å². The molecule has 6 heteroatoms. The van der Waals surface area contributed by atoms with Crippen molar-refractivity contribution in [3.8, 4) is 0 Å². The first-order chi connectivity index (χ1) is 12.5. The van der Waals surface area contributed by atoms with E-state index in [1.165, 1.54) is 6.07 Å². The van der Waals surface area contributed by atoms with Gasteiger partial charge < -0.3 is 10.3 Å². The van der Waals surface area contributed by atoms with E-state index in [-0.39, 0.29) is 5.82 Å². The van der Waals surface area contributed by atoms with E-state index in [4.69, 9.17) is 28.9 Å². The van der Waals surface area contributed by atoms with Crippen LogP contribution in [0.15, 0.2) is 54.6 Å². The molecule has 0 saturated heterocycles. The van der Waals surface area contributed by atoms with Crippen molar-refractivity contribution in [1.82, 2.24) is 4.57 Å². The van der Waals surface area contributed by atoms with E-state index in [2.05, 4.69) is 0 Å². The van der Waals surface area contributed by atoms with Crippen LogP contribution < -0.4 is 5.73 Å². The molecule has 0 atom stereocenters. The number of nitrogens with two attached hydrogens (primary N) is 1. The minimum atomic E-state index is -0.552. The molecule has 4 rings (SSSR count). The fourth-order valence-electron chi connectivity index (χ4n) is 3.35. The summed E-state index contributed by atoms with van der Waals surface area (Å²) in [4.78, 5) is 11.9. The van der Waals surface area contributed by atoms with Crippen LogP contribution in [0.1, 0.15) is 15.9 Å². The zero-order chi connectivity index (χ0) is 18.4. The van der Waals surface area contributed by atoms with Gasteiger partial charge >= 0.3 is 0 Å². The number of nitrogens with zero attached hydrogens (tertiary/aromatic N) is 1. The molecule has 0 unspecified atom stereocenters. The third-order valence-electron chi connectivity index (χ3n) is 4.47. The second-order valence-electron chi connectivity index (χ2n) is 6.02. The van der Waals surface area contributed by atoms with Crippen LogP contribution in [0, 0.1) is 5.82 Å². The van der Waals surface area contributed by atoms with Gasteiger partial charge in [0.05, 0.1) is 11.0 Å². The van der Waals surface area contributed by atoms with E-state index in [1.807, 2.05) is 10.6 Å². The van der Waals surface area contributed by atoms with Crippen LogP contribution >= 0.6 is 23.2 Å². The number of carbonyl (C=O) groups is 1. The van der Waals surface area contributed by atoms with Gasteiger partial charge in [-0.2, -0.15) is 0 Å². The van der Waals surface area contributed by atoms with Gasteiger partial charge in [0.1, 0.15) is 5.82 Å². The lowest BCUT2D eigenvalue weighted by molar-refractivity contribution is 0.100. The average Bonchev–Trinajstić information content (AvgIpc) is 2.92. The quantitative estimate of drug-likeness (QED) is 0.504. The molecule has 3 aromatic carbocycles. The van der Waals surface area contributed by atoms with Gasteiger partial charge in [0, 0.05) is 32.9 Å². The van der Waals surface area contributed by atoms with Crippen molar-refractivity contribution in [2.75, 3.05) is 0 Å². The number of hydrogen-bond donors (Lipinski definition) is 1. The fraction of sp³-hybridized carbons (Fsp3) is 0.0500. The van der Waals surface area contributed by atoms with Crippen molar-refractivity contribution >= 4 is 50.9 Å². The number of benzene rings is 3. The number of aromatic nitrogens is 1. The van der Waals surface area contributed by atoms with E-state index in [0.717, 1.165) is 5.56 Å². The molecule has 4 aromatic rings. The molecular formula is C20H13Cl2FN2O. The summed E-state index contributed by atoms with van der Waals surface area (Å²) in [5.41, 5.74) is 7.81. The highest BCUT2D eigenvalue weighted by Crippen LogP contribution is 2.34. The number of para-hydroxylation sites is 1. The first-order valence-corrected chi connectivity index (χ1v) is 8.66. The van der Waals surface area contributed by atoms with Gasteiger partial charge in [-0.1, -0.05) is 47.5 Å². The van der Waals surface area contributed by atoms with Crippen molar-refractivity contribution in [3.05, 3.63) is 81.6 Å². The second-order valence-corrected chi connectivity index (χ2v) is 6.87. The number of rotatable bonds is 3. The normalized spacial score (nSPS) is 11.3. The van der Waals surface area contributed by atoms with E-state index in [9.17, 15) is 9.18 Å². The Morgan fingerprint density at radius 1 is 1.08 bits per heavy atom. The Morgan fingerprint density at radius 2 is 1.85 bits per heavy atom. The van der Waals surface area contributed by atoms with Crippen LogP contribution in [-0.4, -0.2) is 10.5 Å². The highest BCUT2D eigenvalue weighted by Gasteiger charge is 2.19. The van der Waals surface area contributed by atoms with Crippen LogP contribution in [-0.2, 0) is 6.54 Å². The number of amides is 1. The molecule has 1 amide bonds. The molecule has 1 heterocycles. The summed E-state index contributed by atoms with van der Waals surface area (Å²) in [6, 6.07) is 15.2. The standard InChI is InChI=1S/C20H13Cl2FN2O/c21-12-8-7-11(15(22)9-12)10-25-17-6-2-4-14(20(24)26)18(17)13-3-1-5-16(23)19(13)25/h1-9H,10H2,(H2,24,26). The van der Waals surface area contributed by atoms with Crippen LogP contribution in [0.4, 0.5) is 4.39 Å². The molecule has 1 aromatic heterocycles. The van der Waals surface area contributed by atoms with Gasteiger partial charge in [0.15, 0.2) is 0 Å². The maximum atomic E-state index is 14.7. The Kier molecular flexibility index (Phi) is 4.10. The maximum Gasteiger partial charge on any atom is 0.249 e. The number of carbonyl (C=O) groups excluding carboxylic acids is 1. The minimum absolute atomic E-state index is 0.332. The summed E-state index contributed by atoms with van der Waals surface area (Å²) >= 11 is 12.3. The van der Waals surface area contributed by atoms with Crippen molar-refractivity contribution in [2.45, 2.75) is 6.54 Å². The van der Waals surface area contributed by atoms with E-state index >= 15 is 0 Å². The molecule has 0 spiro atoms. The van der Waals surface area contributed by atoms with Crippen LogP contribution in [0.25, 0.3) is 21.8 Å². The lowest BCUT2D eigenvalue weighted by atomic mass is 10.1. The largest absolute Gasteiger partial charge is 0.366 e. The lowest BCUT2D eigenvalue weighted by Gasteiger charge is -2.10. The van der Waals surface area contributed by atoms with E-state index in [0.29, 0.717) is 44.0 Å². The van der Waals surface area contributed by atoms with Crippen molar-refractivity contribution in [1.29, 1.82) is 0 Å². The Labute approximate surface area is 158 Å². The molecule has 0 aliphatic carbocycles. The molecule has 0 fully saturated rings. The summed E-state index contributed by atoms with van der Waals surface area (Å²) in [6.07, 6.45) is 0.